The third-order valence-electron chi connectivity index (χ3n) is 3.03. The van der Waals surface area contributed by atoms with Gasteiger partial charge < -0.3 is 5.32 Å². The smallest absolute Gasteiger partial charge is 0.261 e. The average molecular weight is 411 g/mol. The lowest BCUT2D eigenvalue weighted by atomic mass is 10.1. The molecule has 0 aromatic heterocycles. The number of benzene rings is 2. The molecule has 0 bridgehead atoms. The minimum atomic E-state index is -3.78. The van der Waals surface area contributed by atoms with E-state index in [4.69, 9.17) is 0 Å². The van der Waals surface area contributed by atoms with E-state index in [-0.39, 0.29) is 22.1 Å². The average Bonchev–Trinajstić information content (AvgIpc) is 2.46. The zero-order valence-corrected chi connectivity index (χ0v) is 16.0. The molecule has 24 heavy (non-hydrogen) atoms. The molecule has 0 atom stereocenters. The summed E-state index contributed by atoms with van der Waals surface area (Å²) in [6.45, 7) is 5.58. The van der Waals surface area contributed by atoms with E-state index in [1.165, 1.54) is 12.1 Å². The van der Waals surface area contributed by atoms with Crippen molar-refractivity contribution in [1.82, 2.24) is 5.32 Å². The normalized spacial score (nSPS) is 11.8. The summed E-state index contributed by atoms with van der Waals surface area (Å²) >= 11 is 3.27. The van der Waals surface area contributed by atoms with Crippen LogP contribution in [0.2, 0.25) is 0 Å². The van der Waals surface area contributed by atoms with Gasteiger partial charge >= 0.3 is 0 Å². The number of anilines is 1. The van der Waals surface area contributed by atoms with Gasteiger partial charge in [-0.3, -0.25) is 9.52 Å². The molecule has 2 aromatic carbocycles. The Morgan fingerprint density at radius 1 is 1.00 bits per heavy atom. The van der Waals surface area contributed by atoms with Crippen molar-refractivity contribution in [2.45, 2.75) is 31.2 Å². The van der Waals surface area contributed by atoms with Crippen LogP contribution in [0.5, 0.6) is 0 Å². The summed E-state index contributed by atoms with van der Waals surface area (Å²) < 4.78 is 28.3. The van der Waals surface area contributed by atoms with Crippen LogP contribution in [-0.2, 0) is 10.0 Å². The molecule has 0 radical (unpaired) electrons. The lowest BCUT2D eigenvalue weighted by molar-refractivity contribution is 0.0920. The Bertz CT molecular complexity index is 841. The van der Waals surface area contributed by atoms with Crippen molar-refractivity contribution >= 4 is 37.5 Å². The second-order valence-electron chi connectivity index (χ2n) is 6.31. The number of nitrogens with one attached hydrogen (secondary N) is 2. The minimum absolute atomic E-state index is 0.122. The fourth-order valence-corrected chi connectivity index (χ4v) is 3.34. The minimum Gasteiger partial charge on any atom is -0.347 e. The summed E-state index contributed by atoms with van der Waals surface area (Å²) in [6, 6.07) is 12.8. The number of rotatable bonds is 4. The number of hydrogen-bond acceptors (Lipinski definition) is 3. The van der Waals surface area contributed by atoms with Gasteiger partial charge in [-0.05, 0) is 57.2 Å². The van der Waals surface area contributed by atoms with Crippen molar-refractivity contribution in [3.05, 3.63) is 58.6 Å². The molecular formula is C17H19BrN2O3S. The largest absolute Gasteiger partial charge is 0.347 e. The van der Waals surface area contributed by atoms with Crippen LogP contribution in [0, 0.1) is 0 Å². The Kier molecular flexibility index (Phi) is 5.35. The monoisotopic (exact) mass is 410 g/mol. The molecule has 2 rings (SSSR count). The standard InChI is InChI=1S/C17H19BrN2O3S/c1-17(2,3)19-16(21)14-6-4-5-7-15(14)20-24(22,23)13-10-8-12(18)9-11-13/h4-11,20H,1-3H3,(H,19,21). The van der Waals surface area contributed by atoms with Crippen LogP contribution in [0.4, 0.5) is 5.69 Å². The molecule has 0 saturated carbocycles. The van der Waals surface area contributed by atoms with Gasteiger partial charge in [-0.25, -0.2) is 8.42 Å². The molecule has 0 spiro atoms. The number of hydrogen-bond donors (Lipinski definition) is 2. The van der Waals surface area contributed by atoms with E-state index in [2.05, 4.69) is 26.0 Å². The molecule has 2 N–H and O–H groups in total. The molecule has 128 valence electrons. The van der Waals surface area contributed by atoms with Crippen molar-refractivity contribution in [3.63, 3.8) is 0 Å². The third kappa shape index (κ3) is 4.82. The van der Waals surface area contributed by atoms with E-state index < -0.39 is 15.6 Å². The van der Waals surface area contributed by atoms with Crippen molar-refractivity contribution in [3.8, 4) is 0 Å². The van der Waals surface area contributed by atoms with Gasteiger partial charge in [0.05, 0.1) is 16.1 Å². The lowest BCUT2D eigenvalue weighted by Gasteiger charge is -2.21. The first kappa shape index (κ1) is 18.5. The van der Waals surface area contributed by atoms with Crippen LogP contribution >= 0.6 is 15.9 Å². The van der Waals surface area contributed by atoms with Crippen LogP contribution < -0.4 is 10.0 Å². The van der Waals surface area contributed by atoms with Gasteiger partial charge in [0.15, 0.2) is 0 Å². The fraction of sp³-hybridized carbons (Fsp3) is 0.235. The molecular weight excluding hydrogens is 392 g/mol. The molecule has 5 nitrogen and oxygen atoms in total. The summed E-state index contributed by atoms with van der Waals surface area (Å²) in [4.78, 5) is 12.5. The summed E-state index contributed by atoms with van der Waals surface area (Å²) in [6.07, 6.45) is 0. The molecule has 0 heterocycles. The maximum atomic E-state index is 12.5. The summed E-state index contributed by atoms with van der Waals surface area (Å²) in [5, 5.41) is 2.83. The third-order valence-corrected chi connectivity index (χ3v) is 4.94. The van der Waals surface area contributed by atoms with Gasteiger partial charge in [-0.2, -0.15) is 0 Å². The zero-order chi connectivity index (χ0) is 18.0. The SMILES string of the molecule is CC(C)(C)NC(=O)c1ccccc1NS(=O)(=O)c1ccc(Br)cc1. The quantitative estimate of drug-likeness (QED) is 0.804. The predicted octanol–water partition coefficient (Wildman–Crippen LogP) is 3.78. The van der Waals surface area contributed by atoms with E-state index >= 15 is 0 Å². The van der Waals surface area contributed by atoms with Crippen LogP contribution in [0.25, 0.3) is 0 Å². The van der Waals surface area contributed by atoms with E-state index in [9.17, 15) is 13.2 Å². The number of para-hydroxylation sites is 1. The molecule has 0 aliphatic rings. The van der Waals surface area contributed by atoms with E-state index in [1.807, 2.05) is 20.8 Å². The highest BCUT2D eigenvalue weighted by atomic mass is 79.9. The molecule has 2 aromatic rings. The van der Waals surface area contributed by atoms with E-state index in [0.717, 1.165) is 4.47 Å². The second kappa shape index (κ2) is 6.94. The highest BCUT2D eigenvalue weighted by Gasteiger charge is 2.21. The van der Waals surface area contributed by atoms with Crippen LogP contribution in [-0.4, -0.2) is 19.9 Å². The van der Waals surface area contributed by atoms with Crippen LogP contribution in [0.15, 0.2) is 57.9 Å². The van der Waals surface area contributed by atoms with Gasteiger partial charge in [-0.1, -0.05) is 28.1 Å². The number of sulfonamides is 1. The molecule has 0 fully saturated rings. The van der Waals surface area contributed by atoms with E-state index in [1.54, 1.807) is 36.4 Å². The van der Waals surface area contributed by atoms with Gasteiger partial charge in [0.2, 0.25) is 0 Å². The Morgan fingerprint density at radius 2 is 1.58 bits per heavy atom. The number of carbonyl (C=O) groups is 1. The Labute approximate surface area is 150 Å². The maximum Gasteiger partial charge on any atom is 0.261 e. The molecule has 0 unspecified atom stereocenters. The summed E-state index contributed by atoms with van der Waals surface area (Å²) in [5.74, 6) is -0.336. The highest BCUT2D eigenvalue weighted by Crippen LogP contribution is 2.22. The molecule has 0 aliphatic carbocycles. The Morgan fingerprint density at radius 3 is 2.17 bits per heavy atom. The van der Waals surface area contributed by atoms with Crippen molar-refractivity contribution in [2.75, 3.05) is 4.72 Å². The Balaban J connectivity index is 2.33. The fourth-order valence-electron chi connectivity index (χ4n) is 2.00. The maximum absolute atomic E-state index is 12.5. The second-order valence-corrected chi connectivity index (χ2v) is 8.91. The van der Waals surface area contributed by atoms with Crippen LogP contribution in [0.3, 0.4) is 0 Å². The first-order valence-electron chi connectivity index (χ1n) is 7.28. The highest BCUT2D eigenvalue weighted by molar-refractivity contribution is 9.10. The van der Waals surface area contributed by atoms with Gasteiger partial charge in [-0.15, -0.1) is 0 Å². The van der Waals surface area contributed by atoms with Gasteiger partial charge in [0.25, 0.3) is 15.9 Å². The van der Waals surface area contributed by atoms with Gasteiger partial charge in [0.1, 0.15) is 0 Å². The van der Waals surface area contributed by atoms with Gasteiger partial charge in [0, 0.05) is 10.0 Å². The molecule has 0 saturated heterocycles. The molecule has 7 heteroatoms. The predicted molar refractivity (Wildman–Crippen MR) is 98.6 cm³/mol. The van der Waals surface area contributed by atoms with Crippen molar-refractivity contribution in [1.29, 1.82) is 0 Å². The lowest BCUT2D eigenvalue weighted by Crippen LogP contribution is -2.40. The number of carbonyl (C=O) groups excluding carboxylic acids is 1. The van der Waals surface area contributed by atoms with Crippen molar-refractivity contribution in [2.24, 2.45) is 0 Å². The molecule has 0 aliphatic heterocycles. The number of halogens is 1. The summed E-state index contributed by atoms with van der Waals surface area (Å²) in [5.41, 5.74) is 0.0877. The first-order chi connectivity index (χ1) is 11.1. The van der Waals surface area contributed by atoms with Crippen LogP contribution in [0.1, 0.15) is 31.1 Å². The Hall–Kier alpha value is -1.86. The number of amides is 1. The topological polar surface area (TPSA) is 75.3 Å². The van der Waals surface area contributed by atoms with E-state index in [0.29, 0.717) is 0 Å². The molecule has 1 amide bonds. The summed E-state index contributed by atoms with van der Waals surface area (Å²) in [7, 11) is -3.78. The zero-order valence-electron chi connectivity index (χ0n) is 13.6. The van der Waals surface area contributed by atoms with Crippen molar-refractivity contribution < 1.29 is 13.2 Å². The first-order valence-corrected chi connectivity index (χ1v) is 9.56.